The second-order valence-corrected chi connectivity index (χ2v) is 6.13. The van der Waals surface area contributed by atoms with Crippen LogP contribution in [0.5, 0.6) is 11.6 Å². The maximum atomic E-state index is 14.2. The molecule has 1 aliphatic rings. The number of hydrogen-bond acceptors (Lipinski definition) is 5. The summed E-state index contributed by atoms with van der Waals surface area (Å²) < 4.78 is 31.4. The van der Waals surface area contributed by atoms with Crippen molar-refractivity contribution in [2.45, 2.75) is 6.23 Å². The van der Waals surface area contributed by atoms with Crippen molar-refractivity contribution >= 4 is 15.9 Å². The second-order valence-electron chi connectivity index (χ2n) is 5.27. The zero-order valence-corrected chi connectivity index (χ0v) is 14.8. The number of ether oxygens (including phenoxy) is 3. The van der Waals surface area contributed by atoms with E-state index in [0.717, 1.165) is 0 Å². The van der Waals surface area contributed by atoms with Crippen molar-refractivity contribution < 1.29 is 18.6 Å². The van der Waals surface area contributed by atoms with Gasteiger partial charge in [0.25, 0.3) is 0 Å². The summed E-state index contributed by atoms with van der Waals surface area (Å²) >= 11 is 3.35. The fourth-order valence-electron chi connectivity index (χ4n) is 2.52. The molecule has 24 heavy (non-hydrogen) atoms. The van der Waals surface area contributed by atoms with Gasteiger partial charge in [-0.05, 0) is 34.1 Å². The first-order chi connectivity index (χ1) is 11.7. The molecule has 0 unspecified atom stereocenters. The molecule has 3 rings (SSSR count). The van der Waals surface area contributed by atoms with Crippen molar-refractivity contribution in [2.24, 2.45) is 0 Å². The Morgan fingerprint density at radius 1 is 1.21 bits per heavy atom. The molecule has 0 amide bonds. The molecule has 1 aromatic heterocycles. The van der Waals surface area contributed by atoms with Gasteiger partial charge in [-0.15, -0.1) is 0 Å². The minimum atomic E-state index is -0.530. The quantitative estimate of drug-likeness (QED) is 0.774. The molecule has 0 radical (unpaired) electrons. The van der Waals surface area contributed by atoms with Crippen LogP contribution in [0.15, 0.2) is 40.9 Å². The Balaban J connectivity index is 1.95. The van der Waals surface area contributed by atoms with Crippen LogP contribution in [0.4, 0.5) is 4.39 Å². The average molecular weight is 397 g/mol. The second kappa shape index (κ2) is 7.92. The number of para-hydroxylation sites is 1. The predicted molar refractivity (Wildman–Crippen MR) is 90.7 cm³/mol. The SMILES string of the molecule is COc1cccc([C@H](Oc2c(F)cccc2Br)N2CCOCC2)n1. The molecular formula is C17H18BrFN2O3. The van der Waals surface area contributed by atoms with Crippen LogP contribution in [0.1, 0.15) is 11.9 Å². The number of rotatable bonds is 5. The summed E-state index contributed by atoms with van der Waals surface area (Å²) in [4.78, 5) is 6.53. The van der Waals surface area contributed by atoms with Crippen LogP contribution in [0.2, 0.25) is 0 Å². The number of pyridine rings is 1. The van der Waals surface area contributed by atoms with E-state index < -0.39 is 12.0 Å². The standard InChI is InChI=1S/C17H18BrFN2O3/c1-22-15-7-3-6-14(20-15)17(21-8-10-23-11-9-21)24-16-12(18)4-2-5-13(16)19/h2-7,17H,8-11H2,1H3/t17-/m0/s1. The summed E-state index contributed by atoms with van der Waals surface area (Å²) in [6.45, 7) is 2.55. The van der Waals surface area contributed by atoms with E-state index in [1.54, 1.807) is 25.3 Å². The molecule has 7 heteroatoms. The monoisotopic (exact) mass is 396 g/mol. The van der Waals surface area contributed by atoms with Gasteiger partial charge in [0.1, 0.15) is 5.69 Å². The van der Waals surface area contributed by atoms with Crippen molar-refractivity contribution in [1.29, 1.82) is 0 Å². The zero-order valence-electron chi connectivity index (χ0n) is 13.2. The summed E-state index contributed by atoms with van der Waals surface area (Å²) in [5.74, 6) is 0.228. The molecule has 1 aliphatic heterocycles. The topological polar surface area (TPSA) is 43.8 Å². The van der Waals surface area contributed by atoms with E-state index >= 15 is 0 Å². The normalized spacial score (nSPS) is 16.6. The maximum absolute atomic E-state index is 14.2. The van der Waals surface area contributed by atoms with E-state index in [9.17, 15) is 4.39 Å². The first-order valence-corrected chi connectivity index (χ1v) is 8.42. The highest BCUT2D eigenvalue weighted by atomic mass is 79.9. The Labute approximate surface area is 148 Å². The maximum Gasteiger partial charge on any atom is 0.213 e. The number of methoxy groups -OCH3 is 1. The largest absolute Gasteiger partial charge is 0.481 e. The molecule has 2 heterocycles. The summed E-state index contributed by atoms with van der Waals surface area (Å²) in [5.41, 5.74) is 0.659. The van der Waals surface area contributed by atoms with Gasteiger partial charge in [0.05, 0.1) is 24.8 Å². The van der Waals surface area contributed by atoms with Crippen molar-refractivity contribution in [3.63, 3.8) is 0 Å². The number of morpholine rings is 1. The van der Waals surface area contributed by atoms with Crippen LogP contribution < -0.4 is 9.47 Å². The van der Waals surface area contributed by atoms with E-state index in [2.05, 4.69) is 25.8 Å². The number of benzene rings is 1. The zero-order chi connectivity index (χ0) is 16.9. The molecule has 1 atom stereocenters. The Bertz CT molecular complexity index is 675. The van der Waals surface area contributed by atoms with Gasteiger partial charge in [-0.2, -0.15) is 0 Å². The van der Waals surface area contributed by atoms with Gasteiger partial charge in [-0.3, -0.25) is 4.90 Å². The van der Waals surface area contributed by atoms with Crippen LogP contribution in [0.3, 0.4) is 0 Å². The Kier molecular flexibility index (Phi) is 5.65. The first-order valence-electron chi connectivity index (χ1n) is 7.62. The summed E-state index contributed by atoms with van der Waals surface area (Å²) in [7, 11) is 1.56. The fourth-order valence-corrected chi connectivity index (χ4v) is 2.96. The van der Waals surface area contributed by atoms with E-state index in [0.29, 0.717) is 42.3 Å². The molecule has 1 fully saturated rings. The fraction of sp³-hybridized carbons (Fsp3) is 0.353. The van der Waals surface area contributed by atoms with E-state index in [-0.39, 0.29) is 5.75 Å². The highest BCUT2D eigenvalue weighted by Gasteiger charge is 2.27. The molecule has 2 aromatic rings. The van der Waals surface area contributed by atoms with E-state index in [1.165, 1.54) is 6.07 Å². The molecule has 1 saturated heterocycles. The van der Waals surface area contributed by atoms with Crippen LogP contribution in [0, 0.1) is 5.82 Å². The van der Waals surface area contributed by atoms with Gasteiger partial charge in [-0.25, -0.2) is 9.37 Å². The lowest BCUT2D eigenvalue weighted by molar-refractivity contribution is -0.0509. The lowest BCUT2D eigenvalue weighted by Crippen LogP contribution is -2.41. The molecule has 0 spiro atoms. The molecule has 0 saturated carbocycles. The number of aromatic nitrogens is 1. The highest BCUT2D eigenvalue weighted by molar-refractivity contribution is 9.10. The Morgan fingerprint density at radius 3 is 2.67 bits per heavy atom. The summed E-state index contributed by atoms with van der Waals surface area (Å²) in [6, 6.07) is 10.2. The minimum Gasteiger partial charge on any atom is -0.481 e. The van der Waals surface area contributed by atoms with Crippen molar-refractivity contribution in [2.75, 3.05) is 33.4 Å². The Morgan fingerprint density at radius 2 is 1.96 bits per heavy atom. The van der Waals surface area contributed by atoms with Gasteiger partial charge in [0, 0.05) is 19.2 Å². The van der Waals surface area contributed by atoms with Gasteiger partial charge < -0.3 is 14.2 Å². The third-order valence-corrected chi connectivity index (χ3v) is 4.36. The molecule has 0 N–H and O–H groups in total. The Hall–Kier alpha value is -1.70. The van der Waals surface area contributed by atoms with Gasteiger partial charge in [0.2, 0.25) is 5.88 Å². The lowest BCUT2D eigenvalue weighted by atomic mass is 10.2. The van der Waals surface area contributed by atoms with Gasteiger partial charge in [-0.1, -0.05) is 12.1 Å². The molecular weight excluding hydrogens is 379 g/mol. The lowest BCUT2D eigenvalue weighted by Gasteiger charge is -2.34. The third kappa shape index (κ3) is 3.85. The van der Waals surface area contributed by atoms with Crippen LogP contribution in [0.25, 0.3) is 0 Å². The minimum absolute atomic E-state index is 0.165. The summed E-state index contributed by atoms with van der Waals surface area (Å²) in [6.07, 6.45) is -0.530. The summed E-state index contributed by atoms with van der Waals surface area (Å²) in [5, 5.41) is 0. The van der Waals surface area contributed by atoms with Gasteiger partial charge in [0.15, 0.2) is 17.8 Å². The van der Waals surface area contributed by atoms with Crippen LogP contribution in [-0.2, 0) is 4.74 Å². The van der Waals surface area contributed by atoms with Crippen molar-refractivity contribution in [3.05, 3.63) is 52.4 Å². The first kappa shape index (κ1) is 17.1. The average Bonchev–Trinajstić information content (AvgIpc) is 2.62. The van der Waals surface area contributed by atoms with Crippen LogP contribution in [-0.4, -0.2) is 43.3 Å². The smallest absolute Gasteiger partial charge is 0.213 e. The molecule has 0 aliphatic carbocycles. The number of nitrogens with zero attached hydrogens (tertiary/aromatic N) is 2. The van der Waals surface area contributed by atoms with Crippen molar-refractivity contribution in [3.8, 4) is 11.6 Å². The highest BCUT2D eigenvalue weighted by Crippen LogP contribution is 2.33. The van der Waals surface area contributed by atoms with Crippen LogP contribution >= 0.6 is 15.9 Å². The molecule has 5 nitrogen and oxygen atoms in total. The molecule has 128 valence electrons. The predicted octanol–water partition coefficient (Wildman–Crippen LogP) is 3.40. The van der Waals surface area contributed by atoms with Gasteiger partial charge >= 0.3 is 0 Å². The number of halogens is 2. The van der Waals surface area contributed by atoms with Crippen molar-refractivity contribution in [1.82, 2.24) is 9.88 Å². The molecule has 1 aromatic carbocycles. The third-order valence-electron chi connectivity index (χ3n) is 3.73. The molecule has 0 bridgehead atoms. The van der Waals surface area contributed by atoms with E-state index in [1.807, 2.05) is 12.1 Å². The van der Waals surface area contributed by atoms with E-state index in [4.69, 9.17) is 14.2 Å². The number of hydrogen-bond donors (Lipinski definition) is 0.